The van der Waals surface area contributed by atoms with Crippen molar-refractivity contribution in [1.29, 1.82) is 0 Å². The number of fused-ring (bicyclic) bond motifs is 2. The zero-order chi connectivity index (χ0) is 31.6. The summed E-state index contributed by atoms with van der Waals surface area (Å²) in [5, 5.41) is 12.1. The summed E-state index contributed by atoms with van der Waals surface area (Å²) >= 11 is 25.6. The van der Waals surface area contributed by atoms with Crippen LogP contribution in [0, 0.1) is 11.8 Å². The summed E-state index contributed by atoms with van der Waals surface area (Å²) in [5.41, 5.74) is 6.83. The Hall–Kier alpha value is -3.31. The molecule has 7 heteroatoms. The van der Waals surface area contributed by atoms with E-state index in [-0.39, 0.29) is 35.8 Å². The van der Waals surface area contributed by atoms with E-state index in [4.69, 9.17) is 56.4 Å². The van der Waals surface area contributed by atoms with Crippen molar-refractivity contribution in [3.8, 4) is 0 Å². The van der Waals surface area contributed by atoms with Gasteiger partial charge in [-0.15, -0.1) is 0 Å². The first-order valence-corrected chi connectivity index (χ1v) is 17.0. The molecule has 6 atom stereocenters. The normalized spacial score (nSPS) is 24.0. The fourth-order valence-corrected chi connectivity index (χ4v) is 7.84. The van der Waals surface area contributed by atoms with Crippen LogP contribution in [0.2, 0.25) is 20.1 Å². The number of nitrogens with one attached hydrogen (secondary N) is 1. The van der Waals surface area contributed by atoms with Crippen molar-refractivity contribution in [3.63, 3.8) is 0 Å². The van der Waals surface area contributed by atoms with E-state index in [0.29, 0.717) is 26.7 Å². The number of oxime groups is 1. The number of piperidine rings is 1. The highest BCUT2D eigenvalue weighted by Gasteiger charge is 2.54. The van der Waals surface area contributed by atoms with Crippen LogP contribution in [0.5, 0.6) is 0 Å². The van der Waals surface area contributed by atoms with E-state index in [9.17, 15) is 0 Å². The van der Waals surface area contributed by atoms with Crippen LogP contribution in [0.4, 0.5) is 0 Å². The zero-order valence-corrected chi connectivity index (χ0v) is 27.9. The van der Waals surface area contributed by atoms with Crippen molar-refractivity contribution in [2.75, 3.05) is 0 Å². The molecule has 1 heterocycles. The van der Waals surface area contributed by atoms with Gasteiger partial charge < -0.3 is 10.2 Å². The minimum atomic E-state index is -0.0693. The van der Waals surface area contributed by atoms with Crippen LogP contribution in [0.1, 0.15) is 58.2 Å². The first kappa shape index (κ1) is 31.3. The number of benzene rings is 5. The van der Waals surface area contributed by atoms with Crippen LogP contribution in [0.25, 0.3) is 0 Å². The lowest BCUT2D eigenvalue weighted by atomic mass is 9.56. The maximum Gasteiger partial charge on any atom is 0.142 e. The third-order valence-electron chi connectivity index (χ3n) is 9.43. The lowest BCUT2D eigenvalue weighted by Crippen LogP contribution is -2.55. The smallest absolute Gasteiger partial charge is 0.142 e. The molecule has 1 saturated carbocycles. The van der Waals surface area contributed by atoms with Crippen LogP contribution >= 0.6 is 46.4 Å². The van der Waals surface area contributed by atoms with Gasteiger partial charge in [0.2, 0.25) is 0 Å². The van der Waals surface area contributed by atoms with Gasteiger partial charge in [-0.05, 0) is 94.6 Å². The molecule has 0 spiro atoms. The van der Waals surface area contributed by atoms with Gasteiger partial charge in [0.25, 0.3) is 0 Å². The predicted octanol–water partition coefficient (Wildman–Crippen LogP) is 11.5. The van der Waals surface area contributed by atoms with E-state index in [0.717, 1.165) is 28.8 Å². The molecule has 7 rings (SSSR count). The summed E-state index contributed by atoms with van der Waals surface area (Å²) < 4.78 is 0. The molecular weight excluding hydrogens is 654 g/mol. The molecule has 1 aliphatic carbocycles. The Morgan fingerprint density at radius 2 is 0.913 bits per heavy atom. The first-order chi connectivity index (χ1) is 22.4. The molecule has 1 aliphatic heterocycles. The van der Waals surface area contributed by atoms with Crippen molar-refractivity contribution in [3.05, 3.63) is 175 Å². The van der Waals surface area contributed by atoms with E-state index >= 15 is 0 Å². The Morgan fingerprint density at radius 3 is 1.33 bits per heavy atom. The van der Waals surface area contributed by atoms with E-state index in [1.165, 1.54) is 11.1 Å². The molecule has 232 valence electrons. The third kappa shape index (κ3) is 6.58. The van der Waals surface area contributed by atoms with E-state index in [1.807, 2.05) is 66.7 Å². The summed E-state index contributed by atoms with van der Waals surface area (Å²) in [5.74, 6) is 0.227. The third-order valence-corrected chi connectivity index (χ3v) is 10.4. The van der Waals surface area contributed by atoms with Gasteiger partial charge in [-0.1, -0.05) is 130 Å². The highest BCUT2D eigenvalue weighted by Crippen LogP contribution is 2.57. The van der Waals surface area contributed by atoms with Crippen molar-refractivity contribution in [2.45, 2.75) is 36.9 Å². The predicted molar refractivity (Wildman–Crippen MR) is 190 cm³/mol. The number of hydrogen-bond donors (Lipinski definition) is 1. The molecule has 3 nitrogen and oxygen atoms in total. The average molecular weight is 687 g/mol. The fraction of sp³-hybridized carbons (Fsp3) is 0.205. The quantitative estimate of drug-likeness (QED) is 0.173. The van der Waals surface area contributed by atoms with Gasteiger partial charge in [-0.25, -0.2) is 0 Å². The first-order valence-electron chi connectivity index (χ1n) is 15.5. The summed E-state index contributed by atoms with van der Waals surface area (Å²) in [6.07, 6.45) is 0.909. The van der Waals surface area contributed by atoms with E-state index in [2.05, 4.69) is 66.0 Å². The van der Waals surface area contributed by atoms with Crippen molar-refractivity contribution < 1.29 is 4.84 Å². The lowest BCUT2D eigenvalue weighted by molar-refractivity contribution is 0.112. The second kappa shape index (κ2) is 13.8. The topological polar surface area (TPSA) is 33.6 Å². The van der Waals surface area contributed by atoms with Gasteiger partial charge in [-0.3, -0.25) is 0 Å². The number of halogens is 4. The average Bonchev–Trinajstić information content (AvgIpc) is 3.07. The molecule has 5 aromatic rings. The highest BCUT2D eigenvalue weighted by molar-refractivity contribution is 6.31. The number of hydrogen-bond acceptors (Lipinski definition) is 3. The Balaban J connectivity index is 1.42. The van der Waals surface area contributed by atoms with Gasteiger partial charge in [-0.2, -0.15) is 0 Å². The number of nitrogens with zero attached hydrogens (tertiary/aromatic N) is 1. The van der Waals surface area contributed by atoms with Gasteiger partial charge in [0.15, 0.2) is 0 Å². The maximum atomic E-state index is 6.40. The molecule has 5 aromatic carbocycles. The Kier molecular flexibility index (Phi) is 9.40. The van der Waals surface area contributed by atoms with Crippen LogP contribution in [-0.2, 0) is 11.4 Å². The fourth-order valence-electron chi connectivity index (χ4n) is 7.34. The molecule has 2 fully saturated rings. The Labute approximate surface area is 290 Å². The largest absolute Gasteiger partial charge is 0.391 e. The Morgan fingerprint density at radius 1 is 0.522 bits per heavy atom. The van der Waals surface area contributed by atoms with E-state index < -0.39 is 0 Å². The highest BCUT2D eigenvalue weighted by atomic mass is 35.5. The molecule has 1 N–H and O–H groups in total. The molecule has 2 bridgehead atoms. The second-order valence-electron chi connectivity index (χ2n) is 12.1. The molecule has 0 aromatic heterocycles. The van der Waals surface area contributed by atoms with Gasteiger partial charge in [0.1, 0.15) is 6.61 Å². The number of rotatable bonds is 7. The molecular formula is C39H32Cl4N2O. The van der Waals surface area contributed by atoms with Crippen LogP contribution in [-0.4, -0.2) is 5.71 Å². The van der Waals surface area contributed by atoms with Crippen LogP contribution in [0.3, 0.4) is 0 Å². The standard InChI is InChI=1S/C39H32Cl4N2O/c40-29-14-6-25(7-15-29)33-22-34(26-8-16-30(41)17-9-26)36-38(28-12-20-32(43)21-13-28)44-37(27-10-18-31(42)19-11-27)35(33)39(36)45-46-23-24-4-2-1-3-5-24/h1-21,33-38,44H,22-23H2. The molecule has 0 radical (unpaired) electrons. The van der Waals surface area contributed by atoms with Gasteiger partial charge in [0.05, 0.1) is 5.71 Å². The minimum Gasteiger partial charge on any atom is -0.391 e. The molecule has 6 unspecified atom stereocenters. The summed E-state index contributed by atoms with van der Waals surface area (Å²) in [6, 6.07) is 42.9. The second-order valence-corrected chi connectivity index (χ2v) is 13.8. The summed E-state index contributed by atoms with van der Waals surface area (Å²) in [4.78, 5) is 6.28. The van der Waals surface area contributed by atoms with Crippen molar-refractivity contribution >= 4 is 52.1 Å². The van der Waals surface area contributed by atoms with Crippen LogP contribution in [0.15, 0.2) is 133 Å². The summed E-state index contributed by atoms with van der Waals surface area (Å²) in [6.45, 7) is 0.381. The monoisotopic (exact) mass is 684 g/mol. The SMILES string of the molecule is Clc1ccc(C2CC(c3ccc(Cl)cc3)C3C(=NOCc4ccccc4)C2C(c2ccc(Cl)cc2)NC3c2ccc(Cl)cc2)cc1. The van der Waals surface area contributed by atoms with Crippen molar-refractivity contribution in [1.82, 2.24) is 5.32 Å². The zero-order valence-electron chi connectivity index (χ0n) is 24.9. The summed E-state index contributed by atoms with van der Waals surface area (Å²) in [7, 11) is 0. The van der Waals surface area contributed by atoms with E-state index in [1.54, 1.807) is 0 Å². The molecule has 2 aliphatic rings. The van der Waals surface area contributed by atoms with Crippen LogP contribution < -0.4 is 5.32 Å². The van der Waals surface area contributed by atoms with Crippen molar-refractivity contribution in [2.24, 2.45) is 17.0 Å². The molecule has 0 amide bonds. The van der Waals surface area contributed by atoms with Gasteiger partial charge >= 0.3 is 0 Å². The maximum absolute atomic E-state index is 6.40. The molecule has 46 heavy (non-hydrogen) atoms. The molecule has 1 saturated heterocycles. The minimum absolute atomic E-state index is 0.00442. The Bertz CT molecular complexity index is 1580. The van der Waals surface area contributed by atoms with Gasteiger partial charge in [0, 0.05) is 44.0 Å². The lowest BCUT2D eigenvalue weighted by Gasteiger charge is -2.53.